The number of fused-ring (bicyclic) bond motifs is 1. The van der Waals surface area contributed by atoms with Crippen molar-refractivity contribution >= 4 is 23.3 Å². The zero-order valence-corrected chi connectivity index (χ0v) is 18.2. The number of nitrogens with zero attached hydrogens (tertiary/aromatic N) is 4. The second-order valence-electron chi connectivity index (χ2n) is 7.98. The van der Waals surface area contributed by atoms with Crippen LogP contribution in [-0.4, -0.2) is 51.5 Å². The molecule has 0 spiro atoms. The van der Waals surface area contributed by atoms with E-state index in [0.717, 1.165) is 60.9 Å². The molecule has 7 nitrogen and oxygen atoms in total. The van der Waals surface area contributed by atoms with Crippen LogP contribution in [0.15, 0.2) is 79.5 Å². The third kappa shape index (κ3) is 5.16. The van der Waals surface area contributed by atoms with Crippen LogP contribution in [0.3, 0.4) is 0 Å². The van der Waals surface area contributed by atoms with Gasteiger partial charge in [-0.15, -0.1) is 0 Å². The minimum absolute atomic E-state index is 0.184. The van der Waals surface area contributed by atoms with E-state index in [1.165, 1.54) is 11.6 Å². The van der Waals surface area contributed by atoms with Crippen molar-refractivity contribution in [2.45, 2.75) is 6.54 Å². The van der Waals surface area contributed by atoms with Crippen molar-refractivity contribution in [3.63, 3.8) is 0 Å². The topological polar surface area (TPSA) is 71.8 Å². The molecule has 0 saturated carbocycles. The summed E-state index contributed by atoms with van der Waals surface area (Å²) < 4.78 is 7.37. The smallest absolute Gasteiger partial charge is 0.248 e. The van der Waals surface area contributed by atoms with Gasteiger partial charge in [-0.25, -0.2) is 4.98 Å². The van der Waals surface area contributed by atoms with E-state index in [2.05, 4.69) is 32.3 Å². The average Bonchev–Trinajstić information content (AvgIpc) is 3.33. The summed E-state index contributed by atoms with van der Waals surface area (Å²) in [6.45, 7) is 4.38. The molecule has 0 unspecified atom stereocenters. The third-order valence-electron chi connectivity index (χ3n) is 5.70. The molecule has 1 N–H and O–H groups in total. The fourth-order valence-corrected chi connectivity index (χ4v) is 3.94. The molecule has 1 aromatic carbocycles. The van der Waals surface area contributed by atoms with Crippen LogP contribution in [0, 0.1) is 0 Å². The highest BCUT2D eigenvalue weighted by molar-refractivity contribution is 6.02. The van der Waals surface area contributed by atoms with Gasteiger partial charge in [0.1, 0.15) is 5.65 Å². The van der Waals surface area contributed by atoms with Crippen molar-refractivity contribution in [1.29, 1.82) is 0 Å². The number of hydrogen-bond acceptors (Lipinski definition) is 5. The van der Waals surface area contributed by atoms with Crippen molar-refractivity contribution in [3.05, 3.63) is 90.7 Å². The molecule has 1 aliphatic rings. The Balaban J connectivity index is 1.25. The van der Waals surface area contributed by atoms with Gasteiger partial charge in [0.25, 0.3) is 0 Å². The molecule has 4 aromatic rings. The van der Waals surface area contributed by atoms with E-state index in [0.29, 0.717) is 0 Å². The van der Waals surface area contributed by atoms with E-state index in [1.54, 1.807) is 24.7 Å². The molecule has 1 fully saturated rings. The van der Waals surface area contributed by atoms with Crippen LogP contribution >= 0.6 is 0 Å². The zero-order valence-electron chi connectivity index (χ0n) is 18.2. The Morgan fingerprint density at radius 3 is 2.76 bits per heavy atom. The van der Waals surface area contributed by atoms with Crippen LogP contribution in [0.4, 0.5) is 5.69 Å². The lowest BCUT2D eigenvalue weighted by molar-refractivity contribution is -0.111. The summed E-state index contributed by atoms with van der Waals surface area (Å²) in [5, 5.41) is 2.93. The zero-order chi connectivity index (χ0) is 22.5. The predicted octanol–water partition coefficient (Wildman–Crippen LogP) is 3.88. The Labute approximate surface area is 192 Å². The largest absolute Gasteiger partial charge is 0.379 e. The SMILES string of the molecule is O=C(C=Cc1cnccc1-c1ccc2nccn2c1)Nc1ccc(CN2CCOCC2)cc1. The maximum absolute atomic E-state index is 12.5. The number of pyridine rings is 2. The second kappa shape index (κ2) is 9.77. The summed E-state index contributed by atoms with van der Waals surface area (Å²) in [7, 11) is 0. The molecule has 0 bridgehead atoms. The Morgan fingerprint density at radius 1 is 1.06 bits per heavy atom. The molecule has 1 saturated heterocycles. The fraction of sp³-hybridized carbons (Fsp3) is 0.192. The number of morpholine rings is 1. The maximum Gasteiger partial charge on any atom is 0.248 e. The first-order valence-electron chi connectivity index (χ1n) is 11.0. The van der Waals surface area contributed by atoms with Crippen LogP contribution in [0.25, 0.3) is 22.9 Å². The van der Waals surface area contributed by atoms with Gasteiger partial charge < -0.3 is 14.5 Å². The maximum atomic E-state index is 12.5. The van der Waals surface area contributed by atoms with Crippen LogP contribution in [0.5, 0.6) is 0 Å². The van der Waals surface area contributed by atoms with Crippen LogP contribution in [0.2, 0.25) is 0 Å². The summed E-state index contributed by atoms with van der Waals surface area (Å²) in [6, 6.07) is 13.9. The van der Waals surface area contributed by atoms with Gasteiger partial charge >= 0.3 is 0 Å². The van der Waals surface area contributed by atoms with Gasteiger partial charge in [-0.05, 0) is 53.1 Å². The monoisotopic (exact) mass is 439 g/mol. The molecular formula is C26H25N5O2. The molecule has 0 aliphatic carbocycles. The lowest BCUT2D eigenvalue weighted by atomic mass is 10.0. The minimum Gasteiger partial charge on any atom is -0.379 e. The first-order valence-corrected chi connectivity index (χ1v) is 11.0. The molecule has 166 valence electrons. The predicted molar refractivity (Wildman–Crippen MR) is 129 cm³/mol. The number of hydrogen-bond donors (Lipinski definition) is 1. The number of nitrogens with one attached hydrogen (secondary N) is 1. The summed E-state index contributed by atoms with van der Waals surface area (Å²) in [5.74, 6) is -0.184. The molecule has 4 heterocycles. The summed E-state index contributed by atoms with van der Waals surface area (Å²) in [5.41, 5.74) is 5.77. The quantitative estimate of drug-likeness (QED) is 0.462. The highest BCUT2D eigenvalue weighted by atomic mass is 16.5. The molecule has 33 heavy (non-hydrogen) atoms. The number of aromatic nitrogens is 3. The molecule has 3 aromatic heterocycles. The van der Waals surface area contributed by atoms with Gasteiger partial charge in [-0.3, -0.25) is 14.7 Å². The molecule has 7 heteroatoms. The highest BCUT2D eigenvalue weighted by Crippen LogP contribution is 2.24. The third-order valence-corrected chi connectivity index (χ3v) is 5.70. The number of carbonyl (C=O) groups is 1. The number of amides is 1. The molecule has 0 atom stereocenters. The van der Waals surface area contributed by atoms with Gasteiger partial charge in [0.05, 0.1) is 13.2 Å². The number of anilines is 1. The summed E-state index contributed by atoms with van der Waals surface area (Å²) in [6.07, 6.45) is 12.6. The Morgan fingerprint density at radius 2 is 1.91 bits per heavy atom. The van der Waals surface area contributed by atoms with E-state index < -0.39 is 0 Å². The van der Waals surface area contributed by atoms with E-state index in [-0.39, 0.29) is 5.91 Å². The van der Waals surface area contributed by atoms with Crippen LogP contribution < -0.4 is 5.32 Å². The Hall–Kier alpha value is -3.81. The van der Waals surface area contributed by atoms with E-state index in [1.807, 2.05) is 47.1 Å². The van der Waals surface area contributed by atoms with Gasteiger partial charge in [-0.1, -0.05) is 12.1 Å². The van der Waals surface area contributed by atoms with Gasteiger partial charge in [-0.2, -0.15) is 0 Å². The number of ether oxygens (including phenoxy) is 1. The van der Waals surface area contributed by atoms with Crippen molar-refractivity contribution in [1.82, 2.24) is 19.3 Å². The Kier molecular flexibility index (Phi) is 6.23. The lowest BCUT2D eigenvalue weighted by Gasteiger charge is -2.26. The van der Waals surface area contributed by atoms with Crippen molar-refractivity contribution in [2.24, 2.45) is 0 Å². The number of carbonyl (C=O) groups excluding carboxylic acids is 1. The molecule has 0 radical (unpaired) electrons. The number of benzene rings is 1. The van der Waals surface area contributed by atoms with Crippen molar-refractivity contribution in [2.75, 3.05) is 31.6 Å². The molecule has 1 amide bonds. The number of imidazole rings is 1. The van der Waals surface area contributed by atoms with E-state index >= 15 is 0 Å². The lowest BCUT2D eigenvalue weighted by Crippen LogP contribution is -2.35. The molecular weight excluding hydrogens is 414 g/mol. The molecule has 5 rings (SSSR count). The normalized spacial score (nSPS) is 14.7. The highest BCUT2D eigenvalue weighted by Gasteiger charge is 2.10. The van der Waals surface area contributed by atoms with Crippen molar-refractivity contribution < 1.29 is 9.53 Å². The summed E-state index contributed by atoms with van der Waals surface area (Å²) in [4.78, 5) is 23.4. The van der Waals surface area contributed by atoms with Gasteiger partial charge in [0.2, 0.25) is 5.91 Å². The second-order valence-corrected chi connectivity index (χ2v) is 7.98. The van der Waals surface area contributed by atoms with Crippen LogP contribution in [0.1, 0.15) is 11.1 Å². The van der Waals surface area contributed by atoms with E-state index in [9.17, 15) is 4.79 Å². The van der Waals surface area contributed by atoms with Crippen LogP contribution in [-0.2, 0) is 16.1 Å². The first-order chi connectivity index (χ1) is 16.2. The minimum atomic E-state index is -0.184. The standard InChI is InChI=1S/C26H25N5O2/c32-26(29-23-5-1-20(2-6-23)18-30-13-15-33-16-14-30)8-4-21-17-27-10-9-24(21)22-3-7-25-28-11-12-31(25)19-22/h1-12,17,19H,13-16,18H2,(H,29,32). The number of rotatable bonds is 6. The molecule has 1 aliphatic heterocycles. The van der Waals surface area contributed by atoms with Crippen molar-refractivity contribution in [3.8, 4) is 11.1 Å². The van der Waals surface area contributed by atoms with Gasteiger partial charge in [0.15, 0.2) is 0 Å². The summed E-state index contributed by atoms with van der Waals surface area (Å²) >= 11 is 0. The van der Waals surface area contributed by atoms with Gasteiger partial charge in [0, 0.05) is 67.9 Å². The fourth-order valence-electron chi connectivity index (χ4n) is 3.94. The average molecular weight is 440 g/mol. The Bertz CT molecular complexity index is 1270. The van der Waals surface area contributed by atoms with E-state index in [4.69, 9.17) is 4.74 Å². The first kappa shape index (κ1) is 21.1.